The molecule has 10 aromatic rings. The summed E-state index contributed by atoms with van der Waals surface area (Å²) in [5.41, 5.74) is 14.5. The molecule has 0 spiro atoms. The highest BCUT2D eigenvalue weighted by molar-refractivity contribution is 6.10. The molecule has 2 nitrogen and oxygen atoms in total. The molecule has 0 saturated heterocycles. The van der Waals surface area contributed by atoms with Crippen LogP contribution in [0.1, 0.15) is 5.56 Å². The van der Waals surface area contributed by atoms with Gasteiger partial charge in [-0.3, -0.25) is 0 Å². The molecule has 1 aromatic heterocycles. The summed E-state index contributed by atoms with van der Waals surface area (Å²) in [7, 11) is 0. The van der Waals surface area contributed by atoms with E-state index in [0.717, 1.165) is 17.1 Å². The third-order valence-electron chi connectivity index (χ3n) is 12.9. The van der Waals surface area contributed by atoms with Crippen molar-refractivity contribution in [2.75, 3.05) is 4.90 Å². The fraction of sp³-hybridized carbons (Fsp3) is 0.0333. The van der Waals surface area contributed by atoms with Gasteiger partial charge >= 0.3 is 0 Å². The molecule has 2 unspecified atom stereocenters. The Morgan fingerprint density at radius 3 is 1.63 bits per heavy atom. The number of para-hydroxylation sites is 2. The van der Waals surface area contributed by atoms with E-state index < -0.39 is 0 Å². The number of hydrogen-bond acceptors (Lipinski definition) is 1. The van der Waals surface area contributed by atoms with E-state index >= 15 is 0 Å². The van der Waals surface area contributed by atoms with E-state index in [1.165, 1.54) is 82.1 Å². The number of rotatable bonds is 7. The van der Waals surface area contributed by atoms with E-state index in [1.807, 2.05) is 0 Å². The molecule has 2 aliphatic rings. The summed E-state index contributed by atoms with van der Waals surface area (Å²) in [6.07, 6.45) is 9.30. The van der Waals surface area contributed by atoms with Gasteiger partial charge in [0.05, 0.1) is 11.0 Å². The van der Waals surface area contributed by atoms with Gasteiger partial charge < -0.3 is 9.47 Å². The van der Waals surface area contributed by atoms with Crippen LogP contribution in [0.5, 0.6) is 0 Å². The monoisotopic (exact) mass is 790 g/mol. The minimum Gasteiger partial charge on any atom is -0.313 e. The number of hydrogen-bond donors (Lipinski definition) is 0. The van der Waals surface area contributed by atoms with Crippen molar-refractivity contribution in [2.24, 2.45) is 11.8 Å². The number of aromatic nitrogens is 1. The quantitative estimate of drug-likeness (QED) is 0.156. The topological polar surface area (TPSA) is 8.17 Å². The van der Waals surface area contributed by atoms with Crippen molar-refractivity contribution in [1.82, 2.24) is 4.57 Å². The maximum Gasteiger partial charge on any atom is 0.0541 e. The Morgan fingerprint density at radius 1 is 0.387 bits per heavy atom. The molecule has 292 valence electrons. The van der Waals surface area contributed by atoms with E-state index in [0.29, 0.717) is 0 Å². The lowest BCUT2D eigenvalue weighted by molar-refractivity contribution is 0.673. The fourth-order valence-corrected chi connectivity index (χ4v) is 10.3. The molecule has 0 aliphatic heterocycles. The summed E-state index contributed by atoms with van der Waals surface area (Å²) in [6, 6.07) is 80.1. The molecule has 0 bridgehead atoms. The summed E-state index contributed by atoms with van der Waals surface area (Å²) >= 11 is 0. The number of benzene rings is 9. The normalized spacial score (nSPS) is 15.5. The second-order valence-corrected chi connectivity index (χ2v) is 16.4. The van der Waals surface area contributed by atoms with Crippen molar-refractivity contribution in [1.29, 1.82) is 0 Å². The first-order chi connectivity index (χ1) is 30.8. The van der Waals surface area contributed by atoms with Gasteiger partial charge in [0.2, 0.25) is 0 Å². The average molecular weight is 791 g/mol. The molecule has 1 heterocycles. The minimum atomic E-state index is 0.0768. The molecule has 0 fully saturated rings. The lowest BCUT2D eigenvalue weighted by Crippen LogP contribution is -2.44. The first-order valence-corrected chi connectivity index (χ1v) is 21.6. The van der Waals surface area contributed by atoms with Crippen LogP contribution in [0.15, 0.2) is 243 Å². The van der Waals surface area contributed by atoms with Crippen LogP contribution in [0.4, 0.5) is 11.4 Å². The summed E-state index contributed by atoms with van der Waals surface area (Å²) in [5, 5.41) is 7.52. The molecular formula is C60H42N2. The first-order valence-electron chi connectivity index (χ1n) is 21.6. The van der Waals surface area contributed by atoms with Gasteiger partial charge in [0, 0.05) is 50.6 Å². The van der Waals surface area contributed by atoms with E-state index in [2.05, 4.69) is 252 Å². The molecule has 0 saturated carbocycles. The van der Waals surface area contributed by atoms with Gasteiger partial charge in [-0.1, -0.05) is 200 Å². The zero-order chi connectivity index (χ0) is 41.0. The average Bonchev–Trinajstić information content (AvgIpc) is 3.69. The van der Waals surface area contributed by atoms with Gasteiger partial charge in [0.1, 0.15) is 0 Å². The Kier molecular flexibility index (Phi) is 8.67. The summed E-state index contributed by atoms with van der Waals surface area (Å²) in [5.74, 6) is 0.220. The first kappa shape index (κ1) is 36.0. The molecule has 9 aromatic carbocycles. The van der Waals surface area contributed by atoms with Gasteiger partial charge in [0.15, 0.2) is 0 Å². The van der Waals surface area contributed by atoms with Gasteiger partial charge in [-0.2, -0.15) is 0 Å². The Labute approximate surface area is 361 Å². The van der Waals surface area contributed by atoms with Crippen molar-refractivity contribution in [3.63, 3.8) is 0 Å². The zero-order valence-electron chi connectivity index (χ0n) is 34.1. The molecule has 0 amide bonds. The van der Waals surface area contributed by atoms with E-state index in [-0.39, 0.29) is 11.8 Å². The Hall–Kier alpha value is -7.94. The number of allylic oxidation sites excluding steroid dienone is 3. The molecule has 2 heteroatoms. The number of nitrogens with zero attached hydrogens (tertiary/aromatic N) is 2. The van der Waals surface area contributed by atoms with Crippen LogP contribution in [-0.2, 0) is 0 Å². The SMILES string of the molecule is C1=CC2C(c3ccccc3)=c3ccccc3=C(N(c3cccc(-c4cccc5cccc(-c6ccccc6)c45)c3)c3cccc(-n4c5ccccc5c5ccccc54)c3)C2C=C1. The van der Waals surface area contributed by atoms with Crippen LogP contribution < -0.4 is 15.3 Å². The van der Waals surface area contributed by atoms with Gasteiger partial charge in [-0.25, -0.2) is 0 Å². The van der Waals surface area contributed by atoms with Gasteiger partial charge in [0.25, 0.3) is 0 Å². The summed E-state index contributed by atoms with van der Waals surface area (Å²) < 4.78 is 2.43. The van der Waals surface area contributed by atoms with Gasteiger partial charge in [-0.05, 0) is 91.8 Å². The predicted molar refractivity (Wildman–Crippen MR) is 261 cm³/mol. The van der Waals surface area contributed by atoms with Crippen molar-refractivity contribution < 1.29 is 0 Å². The van der Waals surface area contributed by atoms with Crippen LogP contribution in [0.3, 0.4) is 0 Å². The predicted octanol–water partition coefficient (Wildman–Crippen LogP) is 13.8. The number of fused-ring (bicyclic) bond motifs is 6. The van der Waals surface area contributed by atoms with E-state index in [1.54, 1.807) is 0 Å². The third kappa shape index (κ3) is 5.87. The second-order valence-electron chi connectivity index (χ2n) is 16.4. The Bertz CT molecular complexity index is 3480. The molecular weight excluding hydrogens is 749 g/mol. The van der Waals surface area contributed by atoms with Crippen molar-refractivity contribution in [3.8, 4) is 27.9 Å². The summed E-state index contributed by atoms with van der Waals surface area (Å²) in [6.45, 7) is 0. The summed E-state index contributed by atoms with van der Waals surface area (Å²) in [4.78, 5) is 2.56. The standard InChI is InChI=1S/C60H42N2/c1-3-19-41(20-4-1)48-35-16-23-43-24-17-36-49(58(43)48)44-25-15-26-45(39-44)61(46-27-18-28-47(40-46)62-56-37-13-11-29-50(56)51-30-12-14-38-57(51)62)60-54-33-9-7-31-52(54)59(42-21-5-2-6-22-42)53-32-8-10-34-55(53)60/h1-40,52,54H. The molecule has 62 heavy (non-hydrogen) atoms. The molecule has 12 rings (SSSR count). The van der Waals surface area contributed by atoms with E-state index in [4.69, 9.17) is 0 Å². The van der Waals surface area contributed by atoms with Crippen LogP contribution in [0, 0.1) is 11.8 Å². The Morgan fingerprint density at radius 2 is 0.919 bits per heavy atom. The maximum atomic E-state index is 2.56. The maximum absolute atomic E-state index is 2.56. The molecule has 2 atom stereocenters. The highest BCUT2D eigenvalue weighted by Gasteiger charge is 2.35. The van der Waals surface area contributed by atoms with Crippen LogP contribution in [0.25, 0.3) is 71.8 Å². The number of anilines is 2. The fourth-order valence-electron chi connectivity index (χ4n) is 10.3. The van der Waals surface area contributed by atoms with Crippen LogP contribution in [0.2, 0.25) is 0 Å². The highest BCUT2D eigenvalue weighted by Crippen LogP contribution is 2.45. The second kappa shape index (κ2) is 15.0. The van der Waals surface area contributed by atoms with Crippen molar-refractivity contribution in [2.45, 2.75) is 0 Å². The van der Waals surface area contributed by atoms with Crippen LogP contribution >= 0.6 is 0 Å². The van der Waals surface area contributed by atoms with Gasteiger partial charge in [-0.15, -0.1) is 0 Å². The minimum absolute atomic E-state index is 0.0768. The molecule has 2 aliphatic carbocycles. The lowest BCUT2D eigenvalue weighted by atomic mass is 9.73. The Balaban J connectivity index is 1.14. The van der Waals surface area contributed by atoms with Crippen molar-refractivity contribution in [3.05, 3.63) is 259 Å². The molecule has 0 N–H and O–H groups in total. The van der Waals surface area contributed by atoms with Crippen LogP contribution in [-0.4, -0.2) is 4.57 Å². The van der Waals surface area contributed by atoms with Crippen molar-refractivity contribution >= 4 is 55.2 Å². The zero-order valence-corrected chi connectivity index (χ0v) is 34.1. The third-order valence-corrected chi connectivity index (χ3v) is 12.9. The molecule has 0 radical (unpaired) electrons. The lowest BCUT2D eigenvalue weighted by Gasteiger charge is -2.39. The highest BCUT2D eigenvalue weighted by atomic mass is 15.2. The van der Waals surface area contributed by atoms with E-state index in [9.17, 15) is 0 Å². The largest absolute Gasteiger partial charge is 0.313 e. The smallest absolute Gasteiger partial charge is 0.0541 e.